The predicted molar refractivity (Wildman–Crippen MR) is 105 cm³/mol. The number of anilines is 1. The summed E-state index contributed by atoms with van der Waals surface area (Å²) in [7, 11) is -1.08. The number of hydrogen-bond acceptors (Lipinski definition) is 6. The molecule has 2 aliphatic heterocycles. The first-order valence-electron chi connectivity index (χ1n) is 9.19. The second-order valence-corrected chi connectivity index (χ2v) is 14.0. The summed E-state index contributed by atoms with van der Waals surface area (Å²) in [5, 5.41) is 6.61. The van der Waals surface area contributed by atoms with Gasteiger partial charge < -0.3 is 31.4 Å². The zero-order valence-corrected chi connectivity index (χ0v) is 16.6. The van der Waals surface area contributed by atoms with Gasteiger partial charge in [-0.2, -0.15) is 0 Å². The van der Waals surface area contributed by atoms with Crippen molar-refractivity contribution in [3.63, 3.8) is 0 Å². The van der Waals surface area contributed by atoms with Crippen LogP contribution in [0.4, 0.5) is 5.82 Å². The average molecular weight is 365 g/mol. The molecule has 6 N–H and O–H groups in total. The van der Waals surface area contributed by atoms with Crippen LogP contribution in [0.25, 0.3) is 0 Å². The van der Waals surface area contributed by atoms with E-state index in [4.69, 9.17) is 16.2 Å². The molecule has 2 unspecified atom stereocenters. The summed E-state index contributed by atoms with van der Waals surface area (Å²) < 4.78 is 7.93. The second kappa shape index (κ2) is 7.11. The van der Waals surface area contributed by atoms with E-state index in [1.807, 2.05) is 10.8 Å². The van der Waals surface area contributed by atoms with E-state index in [1.54, 1.807) is 0 Å². The average Bonchev–Trinajstić information content (AvgIpc) is 2.95. The van der Waals surface area contributed by atoms with Crippen LogP contribution in [0, 0.1) is 5.92 Å². The first-order valence-corrected chi connectivity index (χ1v) is 12.9. The van der Waals surface area contributed by atoms with E-state index in [1.165, 1.54) is 0 Å². The molecule has 0 amide bonds. The third-order valence-corrected chi connectivity index (χ3v) is 6.80. The number of ether oxygens (including phenoxy) is 1. The number of piperidine rings is 1. The van der Waals surface area contributed by atoms with Gasteiger partial charge in [-0.15, -0.1) is 0 Å². The second-order valence-electron chi connectivity index (χ2n) is 8.39. The highest BCUT2D eigenvalue weighted by Gasteiger charge is 2.42. The molecule has 1 aromatic rings. The van der Waals surface area contributed by atoms with E-state index in [-0.39, 0.29) is 5.92 Å². The van der Waals surface area contributed by atoms with E-state index in [0.717, 1.165) is 50.0 Å². The third-order valence-electron chi connectivity index (χ3n) is 5.09. The molecule has 3 rings (SSSR count). The molecule has 25 heavy (non-hydrogen) atoms. The van der Waals surface area contributed by atoms with Crippen LogP contribution in [-0.2, 0) is 17.1 Å². The van der Waals surface area contributed by atoms with E-state index < -0.39 is 13.7 Å². The number of rotatable bonds is 6. The van der Waals surface area contributed by atoms with Gasteiger partial charge in [0.25, 0.3) is 0 Å². The van der Waals surface area contributed by atoms with E-state index in [2.05, 4.69) is 41.3 Å². The molecule has 0 saturated carbocycles. The molecule has 7 nitrogen and oxygen atoms in total. The summed E-state index contributed by atoms with van der Waals surface area (Å²) in [5.74, 6) is 1.53. The maximum atomic E-state index is 6.76. The van der Waals surface area contributed by atoms with Gasteiger partial charge in [0.05, 0.1) is 0 Å². The number of guanidine groups is 1. The van der Waals surface area contributed by atoms with Gasteiger partial charge in [-0.1, -0.05) is 19.6 Å². The van der Waals surface area contributed by atoms with E-state index in [9.17, 15) is 0 Å². The molecule has 140 valence electrons. The van der Waals surface area contributed by atoms with E-state index >= 15 is 0 Å². The summed E-state index contributed by atoms with van der Waals surface area (Å²) in [6, 6.07) is 3.21. The normalized spacial score (nSPS) is 26.7. The Hall–Kier alpha value is -1.35. The molecule has 3 heterocycles. The number of hydrogen-bond donors (Lipinski definition) is 4. The summed E-state index contributed by atoms with van der Waals surface area (Å²) in [6.07, 6.45) is 4.18. The van der Waals surface area contributed by atoms with Crippen LogP contribution in [0.3, 0.4) is 0 Å². The molecule has 0 spiro atoms. The zero-order chi connectivity index (χ0) is 18.1. The highest BCUT2D eigenvalue weighted by atomic mass is 28.3. The monoisotopic (exact) mass is 364 g/mol. The van der Waals surface area contributed by atoms with E-state index in [0.29, 0.717) is 12.7 Å². The van der Waals surface area contributed by atoms with Crippen molar-refractivity contribution < 1.29 is 4.74 Å². The van der Waals surface area contributed by atoms with Gasteiger partial charge in [-0.25, -0.2) is 4.99 Å². The molecule has 0 radical (unpaired) electrons. The lowest BCUT2D eigenvalue weighted by atomic mass is 9.82. The van der Waals surface area contributed by atoms with Crippen molar-refractivity contribution in [3.8, 4) is 0 Å². The minimum Gasteiger partial charge on any atom is -0.370 e. The maximum Gasteiger partial charge on any atom is 0.196 e. The molecule has 1 saturated heterocycles. The van der Waals surface area contributed by atoms with Gasteiger partial charge in [0.15, 0.2) is 5.96 Å². The van der Waals surface area contributed by atoms with Crippen molar-refractivity contribution in [1.82, 2.24) is 9.88 Å². The molecular formula is C17H32N6OSi. The SMILES string of the molecule is C[Si](C)(C)CCOCn1ccc2c1NC(N)=NC2(N)C1CCCNC1. The first-order chi connectivity index (χ1) is 11.8. The lowest BCUT2D eigenvalue weighted by Crippen LogP contribution is -2.52. The van der Waals surface area contributed by atoms with Crippen LogP contribution < -0.4 is 22.1 Å². The summed E-state index contributed by atoms with van der Waals surface area (Å²) in [4.78, 5) is 4.59. The Morgan fingerprint density at radius 2 is 2.24 bits per heavy atom. The summed E-state index contributed by atoms with van der Waals surface area (Å²) in [6.45, 7) is 10.3. The first kappa shape index (κ1) is 18.4. The molecule has 1 fully saturated rings. The fraction of sp³-hybridized carbons (Fsp3) is 0.706. The maximum absolute atomic E-state index is 6.76. The Kier molecular flexibility index (Phi) is 5.24. The quantitative estimate of drug-likeness (QED) is 0.454. The fourth-order valence-corrected chi connectivity index (χ4v) is 4.29. The largest absolute Gasteiger partial charge is 0.370 e. The number of fused-ring (bicyclic) bond motifs is 1. The number of nitrogens with zero attached hydrogens (tertiary/aromatic N) is 2. The number of nitrogens with two attached hydrogens (primary N) is 2. The van der Waals surface area contributed by atoms with Gasteiger partial charge in [0.1, 0.15) is 18.2 Å². The summed E-state index contributed by atoms with van der Waals surface area (Å²) >= 11 is 0. The van der Waals surface area contributed by atoms with Gasteiger partial charge in [0.2, 0.25) is 0 Å². The molecule has 1 aromatic heterocycles. The Balaban J connectivity index is 1.74. The Morgan fingerprint density at radius 1 is 1.44 bits per heavy atom. The standard InChI is InChI=1S/C17H32N6OSi/c1-25(2,3)10-9-24-12-23-8-6-14-15(23)21-16(18)22-17(14,19)13-5-4-7-20-11-13/h6,8,13,20H,4-5,7,9-12,19H2,1-3H3,(H3,18,21,22). The van der Waals surface area contributed by atoms with Crippen molar-refractivity contribution in [3.05, 3.63) is 17.8 Å². The summed E-state index contributed by atoms with van der Waals surface area (Å²) in [5.41, 5.74) is 13.1. The van der Waals surface area contributed by atoms with Crippen molar-refractivity contribution in [2.24, 2.45) is 22.4 Å². The molecule has 8 heteroatoms. The van der Waals surface area contributed by atoms with Gasteiger partial charge >= 0.3 is 0 Å². The highest BCUT2D eigenvalue weighted by molar-refractivity contribution is 6.76. The van der Waals surface area contributed by atoms with Crippen LogP contribution in [0.1, 0.15) is 18.4 Å². The van der Waals surface area contributed by atoms with Gasteiger partial charge in [0, 0.05) is 38.9 Å². The lowest BCUT2D eigenvalue weighted by Gasteiger charge is -2.39. The molecule has 0 aliphatic carbocycles. The Morgan fingerprint density at radius 3 is 2.92 bits per heavy atom. The van der Waals surface area contributed by atoms with Crippen molar-refractivity contribution in [2.75, 3.05) is 25.0 Å². The zero-order valence-electron chi connectivity index (χ0n) is 15.6. The van der Waals surface area contributed by atoms with Crippen molar-refractivity contribution in [2.45, 2.75) is 50.9 Å². The number of aliphatic imine (C=N–C) groups is 1. The minimum absolute atomic E-state index is 0.240. The molecule has 2 aliphatic rings. The lowest BCUT2D eigenvalue weighted by molar-refractivity contribution is 0.0885. The smallest absolute Gasteiger partial charge is 0.196 e. The van der Waals surface area contributed by atoms with Gasteiger partial charge in [-0.05, 0) is 31.5 Å². The molecule has 0 aromatic carbocycles. The highest BCUT2D eigenvalue weighted by Crippen LogP contribution is 2.39. The predicted octanol–water partition coefficient (Wildman–Crippen LogP) is 1.65. The van der Waals surface area contributed by atoms with Crippen molar-refractivity contribution in [1.29, 1.82) is 0 Å². The van der Waals surface area contributed by atoms with Crippen LogP contribution in [0.15, 0.2) is 17.3 Å². The van der Waals surface area contributed by atoms with Crippen LogP contribution in [0.2, 0.25) is 25.7 Å². The number of nitrogens with one attached hydrogen (secondary N) is 2. The molecule has 2 atom stereocenters. The fourth-order valence-electron chi connectivity index (χ4n) is 3.53. The minimum atomic E-state index is -1.08. The molecule has 0 bridgehead atoms. The number of aromatic nitrogens is 1. The van der Waals surface area contributed by atoms with Crippen LogP contribution >= 0.6 is 0 Å². The van der Waals surface area contributed by atoms with Crippen molar-refractivity contribution >= 4 is 19.9 Å². The third kappa shape index (κ3) is 4.08. The van der Waals surface area contributed by atoms with Crippen LogP contribution in [-0.4, -0.2) is 38.3 Å². The Labute approximate surface area is 151 Å². The van der Waals surface area contributed by atoms with Crippen LogP contribution in [0.5, 0.6) is 0 Å². The topological polar surface area (TPSA) is 103 Å². The Bertz CT molecular complexity index is 632. The molecular weight excluding hydrogens is 332 g/mol. The van der Waals surface area contributed by atoms with Gasteiger partial charge in [-0.3, -0.25) is 0 Å².